The molecule has 1 aromatic heterocycles. The van der Waals surface area contributed by atoms with Gasteiger partial charge in [0.05, 0.1) is 19.9 Å². The molecule has 0 saturated carbocycles. The van der Waals surface area contributed by atoms with Crippen molar-refractivity contribution >= 4 is 5.91 Å². The molecule has 0 radical (unpaired) electrons. The first kappa shape index (κ1) is 21.1. The fourth-order valence-electron chi connectivity index (χ4n) is 4.16. The number of hydrogen-bond donors (Lipinski definition) is 1. The summed E-state index contributed by atoms with van der Waals surface area (Å²) in [5, 5.41) is 7.23. The lowest BCUT2D eigenvalue weighted by molar-refractivity contribution is 0.0622. The Labute approximate surface area is 191 Å². The molecule has 0 unspecified atom stereocenters. The zero-order chi connectivity index (χ0) is 22.8. The van der Waals surface area contributed by atoms with Crippen molar-refractivity contribution in [2.75, 3.05) is 47.2 Å². The van der Waals surface area contributed by atoms with Crippen LogP contribution >= 0.6 is 0 Å². The third kappa shape index (κ3) is 4.31. The smallest absolute Gasteiger partial charge is 0.271 e. The molecule has 172 valence electrons. The Bertz CT molecular complexity index is 1150. The van der Waals surface area contributed by atoms with Crippen LogP contribution in [0.1, 0.15) is 16.1 Å². The first-order valence-corrected chi connectivity index (χ1v) is 10.8. The van der Waals surface area contributed by atoms with Gasteiger partial charge in [-0.2, -0.15) is 5.10 Å². The molecular weight excluding hydrogens is 424 g/mol. The second kappa shape index (κ2) is 9.03. The van der Waals surface area contributed by atoms with E-state index in [2.05, 4.69) is 21.2 Å². The van der Waals surface area contributed by atoms with E-state index in [9.17, 15) is 4.79 Å². The number of fused-ring (bicyclic) bond motifs is 1. The summed E-state index contributed by atoms with van der Waals surface area (Å²) in [6.45, 7) is 4.00. The molecule has 33 heavy (non-hydrogen) atoms. The highest BCUT2D eigenvalue weighted by Crippen LogP contribution is 2.34. The van der Waals surface area contributed by atoms with Crippen LogP contribution in [0, 0.1) is 0 Å². The Morgan fingerprint density at radius 3 is 2.61 bits per heavy atom. The van der Waals surface area contributed by atoms with E-state index in [1.54, 1.807) is 26.4 Å². The fourth-order valence-corrected chi connectivity index (χ4v) is 4.16. The molecule has 0 bridgehead atoms. The standard InChI is InChI=1S/C24H26N4O5/c1-30-17-4-5-18(22(12-17)31-2)19-13-20(26-25-19)24(29)28-9-7-27(8-10-28)14-16-3-6-21-23(11-16)33-15-32-21/h3-6,11-13H,7-10,14-15H2,1-2H3,(H,25,26). The van der Waals surface area contributed by atoms with E-state index in [0.717, 1.165) is 36.7 Å². The number of H-pyrrole nitrogens is 1. The van der Waals surface area contributed by atoms with Gasteiger partial charge in [-0.15, -0.1) is 0 Å². The number of piperazine rings is 1. The largest absolute Gasteiger partial charge is 0.497 e. The van der Waals surface area contributed by atoms with Gasteiger partial charge in [-0.1, -0.05) is 6.07 Å². The minimum Gasteiger partial charge on any atom is -0.497 e. The Morgan fingerprint density at radius 1 is 1.00 bits per heavy atom. The van der Waals surface area contributed by atoms with Gasteiger partial charge in [0.2, 0.25) is 6.79 Å². The summed E-state index contributed by atoms with van der Waals surface area (Å²) in [6, 6.07) is 13.3. The van der Waals surface area contributed by atoms with Gasteiger partial charge in [0.1, 0.15) is 17.2 Å². The molecule has 1 fully saturated rings. The van der Waals surface area contributed by atoms with Crippen molar-refractivity contribution in [3.63, 3.8) is 0 Å². The predicted molar refractivity (Wildman–Crippen MR) is 121 cm³/mol. The van der Waals surface area contributed by atoms with Crippen LogP contribution in [0.4, 0.5) is 0 Å². The molecule has 2 aromatic carbocycles. The normalized spacial score (nSPS) is 15.5. The zero-order valence-electron chi connectivity index (χ0n) is 18.7. The third-order valence-electron chi connectivity index (χ3n) is 6.00. The van der Waals surface area contributed by atoms with Crippen molar-refractivity contribution in [2.45, 2.75) is 6.54 Å². The Hall–Kier alpha value is -3.72. The van der Waals surface area contributed by atoms with E-state index in [0.29, 0.717) is 36.0 Å². The third-order valence-corrected chi connectivity index (χ3v) is 6.00. The Balaban J connectivity index is 1.21. The van der Waals surface area contributed by atoms with Gasteiger partial charge < -0.3 is 23.8 Å². The molecule has 0 atom stereocenters. The molecular formula is C24H26N4O5. The van der Waals surface area contributed by atoms with Gasteiger partial charge in [0.25, 0.3) is 5.91 Å². The fraction of sp³-hybridized carbons (Fsp3) is 0.333. The summed E-state index contributed by atoms with van der Waals surface area (Å²) < 4.78 is 21.6. The quantitative estimate of drug-likeness (QED) is 0.618. The number of amides is 1. The van der Waals surface area contributed by atoms with Crippen molar-refractivity contribution in [1.82, 2.24) is 20.0 Å². The first-order chi connectivity index (χ1) is 16.1. The van der Waals surface area contributed by atoms with Crippen molar-refractivity contribution in [1.29, 1.82) is 0 Å². The van der Waals surface area contributed by atoms with E-state index in [1.807, 2.05) is 29.2 Å². The van der Waals surface area contributed by atoms with Gasteiger partial charge in [-0.3, -0.25) is 14.8 Å². The number of aromatic nitrogens is 2. The van der Waals surface area contributed by atoms with Crippen LogP contribution in [0.5, 0.6) is 23.0 Å². The molecule has 0 aliphatic carbocycles. The molecule has 1 saturated heterocycles. The summed E-state index contributed by atoms with van der Waals surface area (Å²) >= 11 is 0. The molecule has 0 spiro atoms. The number of ether oxygens (including phenoxy) is 4. The monoisotopic (exact) mass is 450 g/mol. The van der Waals surface area contributed by atoms with Crippen LogP contribution in [-0.2, 0) is 6.54 Å². The molecule has 9 nitrogen and oxygen atoms in total. The number of nitrogens with zero attached hydrogens (tertiary/aromatic N) is 3. The van der Waals surface area contributed by atoms with E-state index in [4.69, 9.17) is 18.9 Å². The van der Waals surface area contributed by atoms with Crippen molar-refractivity contribution in [3.8, 4) is 34.3 Å². The molecule has 2 aliphatic heterocycles. The Kier molecular flexibility index (Phi) is 5.78. The van der Waals surface area contributed by atoms with E-state index >= 15 is 0 Å². The lowest BCUT2D eigenvalue weighted by Crippen LogP contribution is -2.48. The van der Waals surface area contributed by atoms with Crippen LogP contribution in [0.15, 0.2) is 42.5 Å². The van der Waals surface area contributed by atoms with Gasteiger partial charge in [-0.05, 0) is 35.9 Å². The average molecular weight is 450 g/mol. The molecule has 1 amide bonds. The van der Waals surface area contributed by atoms with Gasteiger partial charge in [0, 0.05) is 44.4 Å². The van der Waals surface area contributed by atoms with Crippen LogP contribution < -0.4 is 18.9 Å². The second-order valence-corrected chi connectivity index (χ2v) is 7.99. The molecule has 1 N–H and O–H groups in total. The second-order valence-electron chi connectivity index (χ2n) is 7.99. The summed E-state index contributed by atoms with van der Waals surface area (Å²) in [6.07, 6.45) is 0. The van der Waals surface area contributed by atoms with Crippen molar-refractivity contribution < 1.29 is 23.7 Å². The zero-order valence-corrected chi connectivity index (χ0v) is 18.7. The average Bonchev–Trinajstić information content (AvgIpc) is 3.53. The molecule has 3 heterocycles. The summed E-state index contributed by atoms with van der Waals surface area (Å²) in [5.74, 6) is 2.87. The maximum absolute atomic E-state index is 13.0. The number of aromatic amines is 1. The summed E-state index contributed by atoms with van der Waals surface area (Å²) in [7, 11) is 3.20. The van der Waals surface area contributed by atoms with Gasteiger partial charge >= 0.3 is 0 Å². The highest BCUT2D eigenvalue weighted by molar-refractivity contribution is 5.93. The van der Waals surface area contributed by atoms with E-state index in [1.165, 1.54) is 5.56 Å². The number of carbonyl (C=O) groups excluding carboxylic acids is 1. The maximum atomic E-state index is 13.0. The van der Waals surface area contributed by atoms with Crippen LogP contribution in [-0.4, -0.2) is 73.1 Å². The van der Waals surface area contributed by atoms with E-state index < -0.39 is 0 Å². The van der Waals surface area contributed by atoms with Crippen molar-refractivity contribution in [3.05, 3.63) is 53.7 Å². The number of nitrogens with one attached hydrogen (secondary N) is 1. The van der Waals surface area contributed by atoms with Crippen LogP contribution in [0.3, 0.4) is 0 Å². The predicted octanol–water partition coefficient (Wildman–Crippen LogP) is 2.78. The van der Waals surface area contributed by atoms with Gasteiger partial charge in [-0.25, -0.2) is 0 Å². The number of benzene rings is 2. The molecule has 3 aromatic rings. The molecule has 2 aliphatic rings. The van der Waals surface area contributed by atoms with E-state index in [-0.39, 0.29) is 12.7 Å². The maximum Gasteiger partial charge on any atom is 0.271 e. The first-order valence-electron chi connectivity index (χ1n) is 10.8. The number of rotatable bonds is 6. The highest BCUT2D eigenvalue weighted by Gasteiger charge is 2.25. The minimum atomic E-state index is -0.0519. The summed E-state index contributed by atoms with van der Waals surface area (Å²) in [4.78, 5) is 17.2. The van der Waals surface area contributed by atoms with Crippen LogP contribution in [0.2, 0.25) is 0 Å². The topological polar surface area (TPSA) is 89.2 Å². The number of methoxy groups -OCH3 is 2. The molecule has 5 rings (SSSR count). The Morgan fingerprint density at radius 2 is 1.82 bits per heavy atom. The summed E-state index contributed by atoms with van der Waals surface area (Å²) in [5.41, 5.74) is 3.08. The van der Waals surface area contributed by atoms with Gasteiger partial charge in [0.15, 0.2) is 11.5 Å². The highest BCUT2D eigenvalue weighted by atomic mass is 16.7. The minimum absolute atomic E-state index is 0.0519. The number of carbonyl (C=O) groups is 1. The molecule has 9 heteroatoms. The lowest BCUT2D eigenvalue weighted by Gasteiger charge is -2.34. The van der Waals surface area contributed by atoms with Crippen LogP contribution in [0.25, 0.3) is 11.3 Å². The lowest BCUT2D eigenvalue weighted by atomic mass is 10.1. The number of hydrogen-bond acceptors (Lipinski definition) is 7. The van der Waals surface area contributed by atoms with Crippen molar-refractivity contribution in [2.24, 2.45) is 0 Å². The SMILES string of the molecule is COc1ccc(-c2cc(C(=O)N3CCN(Cc4ccc5c(c4)OCO5)CC3)[nH]n2)c(OC)c1.